The van der Waals surface area contributed by atoms with Crippen molar-refractivity contribution in [1.82, 2.24) is 20.4 Å². The van der Waals surface area contributed by atoms with Gasteiger partial charge in [-0.05, 0) is 18.9 Å². The highest BCUT2D eigenvalue weighted by atomic mass is 19.3. The molecule has 2 aliphatic heterocycles. The number of aliphatic hydroxyl groups excluding tert-OH is 2. The number of nitrogens with one attached hydrogen (secondary N) is 2. The van der Waals surface area contributed by atoms with Crippen molar-refractivity contribution >= 4 is 30.9 Å². The monoisotopic (exact) mass is 514 g/mol. The number of likely N-dealkylation sites (N-methyl/N-ethyl adjacent to an activating group) is 1. The molecule has 2 heterocycles. The van der Waals surface area contributed by atoms with E-state index in [1.807, 2.05) is 5.32 Å². The first-order valence-electron chi connectivity index (χ1n) is 11.0. The molecule has 3 rings (SSSR count). The summed E-state index contributed by atoms with van der Waals surface area (Å²) in [6.07, 6.45) is -8.20. The minimum Gasteiger partial charge on any atom is -0.534 e. The van der Waals surface area contributed by atoms with Gasteiger partial charge in [-0.2, -0.15) is 0 Å². The molecule has 1 aromatic rings. The van der Waals surface area contributed by atoms with Crippen LogP contribution in [0.2, 0.25) is 0 Å². The van der Waals surface area contributed by atoms with Crippen LogP contribution in [0.15, 0.2) is 18.2 Å². The highest BCUT2D eigenvalue weighted by molar-refractivity contribution is 6.47. The van der Waals surface area contributed by atoms with Gasteiger partial charge in [-0.25, -0.2) is 13.6 Å². The molecule has 0 saturated carbocycles. The van der Waals surface area contributed by atoms with Gasteiger partial charge in [0.2, 0.25) is 5.91 Å². The molecule has 196 valence electrons. The number of alkyl halides is 2. The zero-order chi connectivity index (χ0) is 26.7. The third-order valence-electron chi connectivity index (χ3n) is 5.85. The Morgan fingerprint density at radius 2 is 1.89 bits per heavy atom. The Labute approximate surface area is 203 Å². The summed E-state index contributed by atoms with van der Waals surface area (Å²) in [5.74, 6) is -4.80. The van der Waals surface area contributed by atoms with Crippen molar-refractivity contribution < 1.29 is 53.0 Å². The number of amides is 5. The Morgan fingerprint density at radius 3 is 2.50 bits per heavy atom. The molecule has 0 spiro atoms. The Morgan fingerprint density at radius 1 is 1.19 bits per heavy atom. The number of hydrogen-bond acceptors (Lipinski definition) is 9. The van der Waals surface area contributed by atoms with E-state index >= 15 is 0 Å². The van der Waals surface area contributed by atoms with Crippen molar-refractivity contribution in [2.24, 2.45) is 0 Å². The quantitative estimate of drug-likeness (QED) is 0.130. The van der Waals surface area contributed by atoms with Gasteiger partial charge < -0.3 is 40.5 Å². The maximum atomic E-state index is 13.3. The SMILES string of the molecule is CCN1CCN(C(=O)N[C@@H](C(=O)N[C@H]2Cc3cccc(C(O)O)c3OB2O)[C@H](O)C(F)F)C(=O)C1=O. The number of nitrogens with zero attached hydrogens (tertiary/aromatic N) is 2. The zero-order valence-corrected chi connectivity index (χ0v) is 19.0. The number of halogens is 2. The van der Waals surface area contributed by atoms with Crippen LogP contribution in [0, 0.1) is 0 Å². The van der Waals surface area contributed by atoms with Crippen molar-refractivity contribution in [3.8, 4) is 5.75 Å². The minimum atomic E-state index is -3.47. The molecule has 1 fully saturated rings. The van der Waals surface area contributed by atoms with Crippen LogP contribution in [0.5, 0.6) is 5.75 Å². The maximum Gasteiger partial charge on any atom is 0.547 e. The van der Waals surface area contributed by atoms with E-state index in [0.29, 0.717) is 10.5 Å². The highest BCUT2D eigenvalue weighted by Gasteiger charge is 2.43. The second-order valence-electron chi connectivity index (χ2n) is 8.13. The molecule has 6 N–H and O–H groups in total. The van der Waals surface area contributed by atoms with E-state index in [2.05, 4.69) is 5.32 Å². The number of urea groups is 1. The van der Waals surface area contributed by atoms with Crippen molar-refractivity contribution in [2.45, 2.75) is 44.1 Å². The lowest BCUT2D eigenvalue weighted by Gasteiger charge is -2.34. The molecule has 0 aliphatic carbocycles. The highest BCUT2D eigenvalue weighted by Crippen LogP contribution is 2.33. The summed E-state index contributed by atoms with van der Waals surface area (Å²) in [5.41, 5.74) is 0.307. The molecule has 13 nitrogen and oxygen atoms in total. The number of para-hydroxylation sites is 1. The number of hydrogen-bond donors (Lipinski definition) is 6. The predicted molar refractivity (Wildman–Crippen MR) is 116 cm³/mol. The number of carbonyl (C=O) groups is 4. The van der Waals surface area contributed by atoms with Gasteiger partial charge in [-0.1, -0.05) is 18.2 Å². The number of rotatable bonds is 7. The second-order valence-corrected chi connectivity index (χ2v) is 8.13. The van der Waals surface area contributed by atoms with Crippen LogP contribution < -0.4 is 15.3 Å². The summed E-state index contributed by atoms with van der Waals surface area (Å²) in [6, 6.07) is 0.720. The first kappa shape index (κ1) is 27.3. The van der Waals surface area contributed by atoms with Gasteiger partial charge in [0.05, 0.1) is 5.94 Å². The van der Waals surface area contributed by atoms with Crippen molar-refractivity contribution in [3.63, 3.8) is 0 Å². The molecule has 0 unspecified atom stereocenters. The first-order valence-corrected chi connectivity index (χ1v) is 11.0. The fourth-order valence-corrected chi connectivity index (χ4v) is 3.88. The van der Waals surface area contributed by atoms with Crippen molar-refractivity contribution in [1.29, 1.82) is 0 Å². The van der Waals surface area contributed by atoms with E-state index in [-0.39, 0.29) is 37.4 Å². The third-order valence-corrected chi connectivity index (χ3v) is 5.85. The van der Waals surface area contributed by atoms with Crippen molar-refractivity contribution in [2.75, 3.05) is 19.6 Å². The molecule has 1 saturated heterocycles. The number of carbonyl (C=O) groups excluding carboxylic acids is 4. The summed E-state index contributed by atoms with van der Waals surface area (Å²) >= 11 is 0. The van der Waals surface area contributed by atoms with Crippen LogP contribution in [0.1, 0.15) is 24.3 Å². The molecule has 1 aromatic carbocycles. The summed E-state index contributed by atoms with van der Waals surface area (Å²) in [4.78, 5) is 51.3. The standard InChI is InChI=1S/C20H25BF2N4O9/c1-2-26-6-7-27(18(31)17(26)30)20(34)25-12(13(28)15(22)23)16(29)24-11-8-9-4-3-5-10(19(32)33)14(9)36-21(11)35/h3-5,11-13,15,19,28,32-33,35H,2,6-8H2,1H3,(H,24,29)(H,25,34)/t11-,12+,13-/m0/s1. The number of fused-ring (bicyclic) bond motifs is 1. The molecule has 16 heteroatoms. The molecule has 2 aliphatic rings. The second kappa shape index (κ2) is 11.2. The molecular weight excluding hydrogens is 489 g/mol. The van der Waals surface area contributed by atoms with E-state index in [1.54, 1.807) is 6.92 Å². The normalized spacial score (nSPS) is 19.7. The van der Waals surface area contributed by atoms with Crippen molar-refractivity contribution in [3.05, 3.63) is 29.3 Å². The lowest BCUT2D eigenvalue weighted by molar-refractivity contribution is -0.153. The maximum absolute atomic E-state index is 13.3. The summed E-state index contributed by atoms with van der Waals surface area (Å²) in [6.45, 7) is 1.57. The van der Waals surface area contributed by atoms with Gasteiger partial charge in [0.15, 0.2) is 6.29 Å². The fourth-order valence-electron chi connectivity index (χ4n) is 3.88. The average molecular weight is 514 g/mol. The molecular formula is C20H25BF2N4O9. The van der Waals surface area contributed by atoms with Crippen LogP contribution >= 0.6 is 0 Å². The lowest BCUT2D eigenvalue weighted by Crippen LogP contribution is -2.64. The Balaban J connectivity index is 1.75. The van der Waals surface area contributed by atoms with E-state index in [0.717, 1.165) is 0 Å². The van der Waals surface area contributed by atoms with E-state index in [1.165, 1.54) is 23.1 Å². The summed E-state index contributed by atoms with van der Waals surface area (Å²) in [5, 5.41) is 43.2. The van der Waals surface area contributed by atoms with Crippen LogP contribution in [0.4, 0.5) is 13.6 Å². The van der Waals surface area contributed by atoms with Gasteiger partial charge in [0.1, 0.15) is 17.9 Å². The smallest absolute Gasteiger partial charge is 0.534 e. The molecule has 0 aromatic heterocycles. The first-order chi connectivity index (χ1) is 17.0. The Bertz CT molecular complexity index is 1030. The zero-order valence-electron chi connectivity index (χ0n) is 19.0. The van der Waals surface area contributed by atoms with Crippen LogP contribution in [0.25, 0.3) is 0 Å². The molecule has 3 atom stereocenters. The van der Waals surface area contributed by atoms with E-state index in [9.17, 15) is 48.3 Å². The number of aliphatic hydroxyl groups is 3. The van der Waals surface area contributed by atoms with Gasteiger partial charge in [-0.15, -0.1) is 0 Å². The summed E-state index contributed by atoms with van der Waals surface area (Å²) in [7, 11) is -1.75. The van der Waals surface area contributed by atoms with E-state index in [4.69, 9.17) is 4.65 Å². The van der Waals surface area contributed by atoms with Crippen LogP contribution in [-0.4, -0.2) is 105 Å². The topological polar surface area (TPSA) is 189 Å². The Kier molecular flexibility index (Phi) is 8.45. The molecule has 0 radical (unpaired) electrons. The third kappa shape index (κ3) is 5.56. The Hall–Kier alpha value is -3.34. The van der Waals surface area contributed by atoms with Gasteiger partial charge >= 0.3 is 25.0 Å². The van der Waals surface area contributed by atoms with Gasteiger partial charge in [0.25, 0.3) is 6.43 Å². The number of imide groups is 1. The molecule has 0 bridgehead atoms. The fraction of sp³-hybridized carbons (Fsp3) is 0.500. The van der Waals surface area contributed by atoms with Crippen LogP contribution in [0.3, 0.4) is 0 Å². The number of benzene rings is 1. The van der Waals surface area contributed by atoms with Gasteiger partial charge in [-0.3, -0.25) is 19.3 Å². The van der Waals surface area contributed by atoms with Crippen LogP contribution in [-0.2, 0) is 20.8 Å². The summed E-state index contributed by atoms with van der Waals surface area (Å²) < 4.78 is 31.9. The molecule has 36 heavy (non-hydrogen) atoms. The lowest BCUT2D eigenvalue weighted by atomic mass is 9.72. The number of piperazine rings is 1. The van der Waals surface area contributed by atoms with Gasteiger partial charge in [0, 0.05) is 25.2 Å². The minimum absolute atomic E-state index is 0.00169. The average Bonchev–Trinajstić information content (AvgIpc) is 2.83. The largest absolute Gasteiger partial charge is 0.547 e. The predicted octanol–water partition coefficient (Wildman–Crippen LogP) is -2.50. The van der Waals surface area contributed by atoms with E-state index < -0.39 is 61.7 Å². The molecule has 5 amide bonds.